The topological polar surface area (TPSA) is 44.8 Å². The monoisotopic (exact) mass is 534 g/mol. The fourth-order valence-corrected chi connectivity index (χ4v) is 5.33. The quantitative estimate of drug-likeness (QED) is 0.0778. The maximum atomic E-state index is 12.6. The van der Waals surface area contributed by atoms with Gasteiger partial charge in [-0.2, -0.15) is 0 Å². The van der Waals surface area contributed by atoms with E-state index in [4.69, 9.17) is 14.2 Å². The summed E-state index contributed by atoms with van der Waals surface area (Å²) >= 11 is 0. The molecule has 1 saturated carbocycles. The molecule has 4 heteroatoms. The first-order valence-electron chi connectivity index (χ1n) is 15.5. The zero-order chi connectivity index (χ0) is 27.5. The number of carbonyl (C=O) groups excluding carboxylic acids is 1. The lowest BCUT2D eigenvalue weighted by Gasteiger charge is -2.28. The van der Waals surface area contributed by atoms with Crippen LogP contribution < -0.4 is 14.2 Å². The number of allylic oxidation sites excluding steroid dienone is 1. The zero-order valence-electron chi connectivity index (χ0n) is 24.2. The van der Waals surface area contributed by atoms with Crippen molar-refractivity contribution in [2.75, 3.05) is 13.2 Å². The number of hydrogen-bond acceptors (Lipinski definition) is 4. The molecule has 0 saturated heterocycles. The number of rotatable bonds is 19. The summed E-state index contributed by atoms with van der Waals surface area (Å²) in [6, 6.07) is 14.6. The molecule has 3 rings (SSSR count). The van der Waals surface area contributed by atoms with Crippen molar-refractivity contribution < 1.29 is 19.0 Å². The molecule has 0 unspecified atom stereocenters. The average molecular weight is 535 g/mol. The Labute approximate surface area is 237 Å². The lowest BCUT2D eigenvalue weighted by Crippen LogP contribution is -2.20. The highest BCUT2D eigenvalue weighted by atomic mass is 16.5. The van der Waals surface area contributed by atoms with Crippen molar-refractivity contribution >= 4 is 5.97 Å². The fourth-order valence-electron chi connectivity index (χ4n) is 5.33. The van der Waals surface area contributed by atoms with E-state index in [-0.39, 0.29) is 5.97 Å². The van der Waals surface area contributed by atoms with Crippen LogP contribution in [0.2, 0.25) is 0 Å². The van der Waals surface area contributed by atoms with Crippen molar-refractivity contribution in [2.45, 2.75) is 103 Å². The van der Waals surface area contributed by atoms with E-state index < -0.39 is 0 Å². The van der Waals surface area contributed by atoms with E-state index in [1.807, 2.05) is 30.3 Å². The van der Waals surface area contributed by atoms with E-state index in [0.717, 1.165) is 36.9 Å². The van der Waals surface area contributed by atoms with E-state index in [0.29, 0.717) is 23.8 Å². The molecule has 2 aromatic carbocycles. The Hall–Kier alpha value is -2.75. The maximum Gasteiger partial charge on any atom is 0.343 e. The van der Waals surface area contributed by atoms with E-state index in [1.165, 1.54) is 83.5 Å². The molecule has 0 atom stereocenters. The maximum absolute atomic E-state index is 12.6. The number of carbonyl (C=O) groups is 1. The van der Waals surface area contributed by atoms with Crippen LogP contribution in [0, 0.1) is 11.8 Å². The molecule has 2 aromatic rings. The SMILES string of the molecule is C=CCCCCCCCCOc1ccc(C(=O)Oc2ccc(OCC3CCC(CCCCC)CC3)cc2)cc1. The van der Waals surface area contributed by atoms with Gasteiger partial charge < -0.3 is 14.2 Å². The lowest BCUT2D eigenvalue weighted by atomic mass is 9.80. The summed E-state index contributed by atoms with van der Waals surface area (Å²) in [5.74, 6) is 3.32. The minimum Gasteiger partial charge on any atom is -0.494 e. The minimum absolute atomic E-state index is 0.373. The third kappa shape index (κ3) is 12.3. The third-order valence-corrected chi connectivity index (χ3v) is 7.86. The molecule has 1 aliphatic rings. The molecule has 0 amide bonds. The van der Waals surface area contributed by atoms with Gasteiger partial charge in [0, 0.05) is 0 Å². The second-order valence-corrected chi connectivity index (χ2v) is 11.1. The van der Waals surface area contributed by atoms with Gasteiger partial charge in [0.2, 0.25) is 0 Å². The molecule has 0 bridgehead atoms. The molecular weight excluding hydrogens is 484 g/mol. The van der Waals surface area contributed by atoms with Crippen LogP contribution in [0.15, 0.2) is 61.2 Å². The summed E-state index contributed by atoms with van der Waals surface area (Å²) in [4.78, 5) is 12.6. The molecule has 0 N–H and O–H groups in total. The van der Waals surface area contributed by atoms with Gasteiger partial charge in [0.05, 0.1) is 18.8 Å². The number of unbranched alkanes of at least 4 members (excludes halogenated alkanes) is 8. The Morgan fingerprint density at radius 2 is 1.33 bits per heavy atom. The van der Waals surface area contributed by atoms with Crippen molar-refractivity contribution in [1.82, 2.24) is 0 Å². The molecule has 0 spiro atoms. The van der Waals surface area contributed by atoms with Crippen LogP contribution in [-0.4, -0.2) is 19.2 Å². The fraction of sp³-hybridized carbons (Fsp3) is 0.571. The first-order chi connectivity index (χ1) is 19.2. The van der Waals surface area contributed by atoms with Gasteiger partial charge in [-0.1, -0.05) is 77.2 Å². The Bertz CT molecular complexity index is 926. The van der Waals surface area contributed by atoms with Crippen molar-refractivity contribution in [3.05, 3.63) is 66.7 Å². The molecule has 0 aliphatic heterocycles. The van der Waals surface area contributed by atoms with Gasteiger partial charge in [0.15, 0.2) is 0 Å². The molecule has 214 valence electrons. The smallest absolute Gasteiger partial charge is 0.343 e. The van der Waals surface area contributed by atoms with Gasteiger partial charge >= 0.3 is 5.97 Å². The zero-order valence-corrected chi connectivity index (χ0v) is 24.2. The van der Waals surface area contributed by atoms with E-state index >= 15 is 0 Å². The van der Waals surface area contributed by atoms with Crippen molar-refractivity contribution in [2.24, 2.45) is 11.8 Å². The second-order valence-electron chi connectivity index (χ2n) is 11.1. The number of esters is 1. The highest BCUT2D eigenvalue weighted by molar-refractivity contribution is 5.91. The first kappa shape index (κ1) is 30.8. The van der Waals surface area contributed by atoms with Crippen molar-refractivity contribution in [3.8, 4) is 17.2 Å². The third-order valence-electron chi connectivity index (χ3n) is 7.86. The standard InChI is InChI=1S/C35H50O4/c1-3-5-7-8-9-10-11-13-27-37-32-21-19-31(20-22-32)35(36)39-34-25-23-33(24-26-34)38-28-30-17-15-29(16-18-30)14-12-6-4-2/h3,19-26,29-30H,1,4-18,27-28H2,2H3. The molecule has 4 nitrogen and oxygen atoms in total. The molecule has 0 heterocycles. The summed E-state index contributed by atoms with van der Waals surface area (Å²) in [5, 5.41) is 0. The second kappa shape index (κ2) is 18.5. The van der Waals surface area contributed by atoms with Crippen LogP contribution in [0.25, 0.3) is 0 Å². The Balaban J connectivity index is 1.30. The Kier molecular flexibility index (Phi) is 14.6. The molecule has 39 heavy (non-hydrogen) atoms. The molecule has 1 aliphatic carbocycles. The molecular formula is C35H50O4. The first-order valence-corrected chi connectivity index (χ1v) is 15.5. The summed E-state index contributed by atoms with van der Waals surface area (Å²) < 4.78 is 17.4. The normalized spacial score (nSPS) is 16.9. The van der Waals surface area contributed by atoms with Gasteiger partial charge in [-0.3, -0.25) is 0 Å². The predicted molar refractivity (Wildman–Crippen MR) is 161 cm³/mol. The minimum atomic E-state index is -0.373. The summed E-state index contributed by atoms with van der Waals surface area (Å²) in [6.07, 6.45) is 21.1. The Morgan fingerprint density at radius 3 is 2.03 bits per heavy atom. The van der Waals surface area contributed by atoms with Crippen LogP contribution in [0.5, 0.6) is 17.2 Å². The summed E-state index contributed by atoms with van der Waals surface area (Å²) in [5.41, 5.74) is 0.507. The Morgan fingerprint density at radius 1 is 0.744 bits per heavy atom. The largest absolute Gasteiger partial charge is 0.494 e. The van der Waals surface area contributed by atoms with Gasteiger partial charge in [0.1, 0.15) is 17.2 Å². The molecule has 0 radical (unpaired) electrons. The molecule has 1 fully saturated rings. The van der Waals surface area contributed by atoms with E-state index in [1.54, 1.807) is 24.3 Å². The highest BCUT2D eigenvalue weighted by Gasteiger charge is 2.21. The predicted octanol–water partition coefficient (Wildman–Crippen LogP) is 9.97. The van der Waals surface area contributed by atoms with Crippen LogP contribution in [0.1, 0.15) is 114 Å². The van der Waals surface area contributed by atoms with Gasteiger partial charge in [-0.25, -0.2) is 4.79 Å². The van der Waals surface area contributed by atoms with Gasteiger partial charge in [-0.05, 0) is 92.5 Å². The number of hydrogen-bond donors (Lipinski definition) is 0. The highest BCUT2D eigenvalue weighted by Crippen LogP contribution is 2.32. The van der Waals surface area contributed by atoms with Gasteiger partial charge in [-0.15, -0.1) is 6.58 Å². The average Bonchev–Trinajstić information content (AvgIpc) is 2.97. The van der Waals surface area contributed by atoms with Gasteiger partial charge in [0.25, 0.3) is 0 Å². The molecule has 0 aromatic heterocycles. The number of ether oxygens (including phenoxy) is 3. The van der Waals surface area contributed by atoms with Crippen LogP contribution in [0.4, 0.5) is 0 Å². The van der Waals surface area contributed by atoms with Crippen molar-refractivity contribution in [3.63, 3.8) is 0 Å². The number of benzene rings is 2. The van der Waals surface area contributed by atoms with E-state index in [2.05, 4.69) is 13.5 Å². The lowest BCUT2D eigenvalue weighted by molar-refractivity contribution is 0.0734. The van der Waals surface area contributed by atoms with Crippen LogP contribution in [0.3, 0.4) is 0 Å². The van der Waals surface area contributed by atoms with Crippen molar-refractivity contribution in [1.29, 1.82) is 0 Å². The summed E-state index contributed by atoms with van der Waals surface area (Å²) in [6.45, 7) is 7.51. The summed E-state index contributed by atoms with van der Waals surface area (Å²) in [7, 11) is 0. The van der Waals surface area contributed by atoms with Crippen LogP contribution >= 0.6 is 0 Å². The van der Waals surface area contributed by atoms with E-state index in [9.17, 15) is 4.79 Å². The van der Waals surface area contributed by atoms with Crippen LogP contribution in [-0.2, 0) is 0 Å².